The van der Waals surface area contributed by atoms with Crippen molar-refractivity contribution in [3.8, 4) is 0 Å². The number of fused-ring (bicyclic) bond motifs is 3. The van der Waals surface area contributed by atoms with Gasteiger partial charge in [0.05, 0.1) is 5.69 Å². The summed E-state index contributed by atoms with van der Waals surface area (Å²) in [6.45, 7) is 4.24. The molecule has 148 valence electrons. The molecular formula is C23H24N4OS. The quantitative estimate of drug-likeness (QED) is 0.562. The van der Waals surface area contributed by atoms with Gasteiger partial charge >= 0.3 is 0 Å². The molecular weight excluding hydrogens is 380 g/mol. The van der Waals surface area contributed by atoms with Crippen LogP contribution in [0.5, 0.6) is 0 Å². The van der Waals surface area contributed by atoms with E-state index < -0.39 is 0 Å². The minimum atomic E-state index is 0.130. The van der Waals surface area contributed by atoms with E-state index in [4.69, 9.17) is 0 Å². The minimum Gasteiger partial charge on any atom is -0.374 e. The minimum absolute atomic E-state index is 0.130. The maximum absolute atomic E-state index is 12.2. The lowest BCUT2D eigenvalue weighted by molar-refractivity contribution is -0.117. The number of carbonyl (C=O) groups is 1. The van der Waals surface area contributed by atoms with E-state index in [0.717, 1.165) is 57.7 Å². The monoisotopic (exact) mass is 404 g/mol. The average molecular weight is 405 g/mol. The maximum Gasteiger partial charge on any atom is 0.227 e. The van der Waals surface area contributed by atoms with Crippen LogP contribution >= 0.6 is 11.8 Å². The predicted octanol–water partition coefficient (Wildman–Crippen LogP) is 4.96. The maximum atomic E-state index is 12.2. The lowest BCUT2D eigenvalue weighted by Crippen LogP contribution is -2.19. The van der Waals surface area contributed by atoms with Crippen molar-refractivity contribution in [2.24, 2.45) is 5.92 Å². The molecule has 3 heterocycles. The summed E-state index contributed by atoms with van der Waals surface area (Å²) in [6.07, 6.45) is 6.01. The number of nitrogens with one attached hydrogen (secondary N) is 3. The zero-order valence-corrected chi connectivity index (χ0v) is 17.4. The molecule has 5 rings (SSSR count). The highest BCUT2D eigenvalue weighted by Crippen LogP contribution is 2.42. The third kappa shape index (κ3) is 3.42. The number of anilines is 1. The molecule has 2 aliphatic rings. The molecule has 1 aliphatic heterocycles. The Morgan fingerprint density at radius 2 is 2.17 bits per heavy atom. The number of pyridine rings is 1. The number of benzene rings is 1. The molecule has 29 heavy (non-hydrogen) atoms. The fourth-order valence-electron chi connectivity index (χ4n) is 3.88. The zero-order chi connectivity index (χ0) is 20.0. The molecule has 3 N–H and O–H groups in total. The lowest BCUT2D eigenvalue weighted by Gasteiger charge is -2.24. The summed E-state index contributed by atoms with van der Waals surface area (Å²) in [5.41, 5.74) is 7.46. The van der Waals surface area contributed by atoms with Crippen LogP contribution in [0.1, 0.15) is 47.5 Å². The molecule has 1 atom stereocenters. The molecule has 6 heteroatoms. The van der Waals surface area contributed by atoms with Gasteiger partial charge in [0, 0.05) is 40.5 Å². The van der Waals surface area contributed by atoms with Gasteiger partial charge in [-0.25, -0.2) is 4.98 Å². The number of nitrogens with zero attached hydrogens (tertiary/aromatic N) is 1. The Morgan fingerprint density at radius 1 is 1.31 bits per heavy atom. The number of hydrogen-bond donors (Lipinski definition) is 3. The summed E-state index contributed by atoms with van der Waals surface area (Å²) in [5, 5.41) is 7.92. The molecule has 0 bridgehead atoms. The Balaban J connectivity index is 1.59. The van der Waals surface area contributed by atoms with Crippen LogP contribution in [0.4, 0.5) is 5.69 Å². The standard InChI is InChI=1S/C23H24N4OS/c1-3-29-23-20-19(17-9-13(2)11-24-21(17)27-20)18(12-25-23)15-5-4-6-16(10-15)26-22(28)14-7-8-14/h4-6,9-12,14,23,25H,3,7-8H2,1-2H3,(H,24,27)(H,26,28). The number of hydrogen-bond acceptors (Lipinski definition) is 4. The van der Waals surface area contributed by atoms with Crippen LogP contribution in [0.15, 0.2) is 42.7 Å². The van der Waals surface area contributed by atoms with Crippen molar-refractivity contribution in [3.63, 3.8) is 0 Å². The van der Waals surface area contributed by atoms with E-state index in [0.29, 0.717) is 0 Å². The largest absolute Gasteiger partial charge is 0.374 e. The van der Waals surface area contributed by atoms with E-state index in [-0.39, 0.29) is 17.2 Å². The third-order valence-electron chi connectivity index (χ3n) is 5.45. The second-order valence-electron chi connectivity index (χ2n) is 7.73. The highest BCUT2D eigenvalue weighted by molar-refractivity contribution is 7.99. The number of aromatic amines is 1. The Labute approximate surface area is 174 Å². The normalized spacial score (nSPS) is 18.1. The van der Waals surface area contributed by atoms with Crippen LogP contribution < -0.4 is 10.6 Å². The molecule has 1 saturated carbocycles. The van der Waals surface area contributed by atoms with Gasteiger partial charge in [-0.2, -0.15) is 0 Å². The van der Waals surface area contributed by atoms with Crippen LogP contribution in [-0.4, -0.2) is 21.6 Å². The van der Waals surface area contributed by atoms with Gasteiger partial charge in [0.2, 0.25) is 5.91 Å². The van der Waals surface area contributed by atoms with Crippen molar-refractivity contribution >= 4 is 40.0 Å². The number of thioether (sulfide) groups is 1. The van der Waals surface area contributed by atoms with Gasteiger partial charge in [0.15, 0.2) is 0 Å². The van der Waals surface area contributed by atoms with Gasteiger partial charge in [0.1, 0.15) is 11.0 Å². The van der Waals surface area contributed by atoms with Crippen molar-refractivity contribution in [2.75, 3.05) is 11.1 Å². The summed E-state index contributed by atoms with van der Waals surface area (Å²) in [4.78, 5) is 20.4. The van der Waals surface area contributed by atoms with E-state index in [1.165, 1.54) is 5.56 Å². The molecule has 5 nitrogen and oxygen atoms in total. The second-order valence-corrected chi connectivity index (χ2v) is 9.11. The fraction of sp³-hybridized carbons (Fsp3) is 0.304. The van der Waals surface area contributed by atoms with Gasteiger partial charge in [0.25, 0.3) is 0 Å². The Hall–Kier alpha value is -2.73. The predicted molar refractivity (Wildman–Crippen MR) is 120 cm³/mol. The summed E-state index contributed by atoms with van der Waals surface area (Å²) >= 11 is 1.86. The van der Waals surface area contributed by atoms with E-state index in [1.54, 1.807) is 0 Å². The first kappa shape index (κ1) is 18.3. The third-order valence-corrected chi connectivity index (χ3v) is 6.49. The summed E-state index contributed by atoms with van der Waals surface area (Å²) in [6, 6.07) is 10.3. The molecule has 1 unspecified atom stereocenters. The number of aromatic nitrogens is 2. The van der Waals surface area contributed by atoms with Crippen molar-refractivity contribution in [2.45, 2.75) is 32.1 Å². The summed E-state index contributed by atoms with van der Waals surface area (Å²) < 4.78 is 0. The van der Waals surface area contributed by atoms with Gasteiger partial charge in [-0.3, -0.25) is 4.79 Å². The molecule has 3 aromatic rings. The number of aryl methyl sites for hydroxylation is 1. The van der Waals surface area contributed by atoms with Crippen LogP contribution in [0, 0.1) is 12.8 Å². The molecule has 0 spiro atoms. The van der Waals surface area contributed by atoms with Crippen LogP contribution in [0.25, 0.3) is 16.6 Å². The van der Waals surface area contributed by atoms with Crippen molar-refractivity contribution < 1.29 is 4.79 Å². The van der Waals surface area contributed by atoms with Crippen LogP contribution in [-0.2, 0) is 4.79 Å². The average Bonchev–Trinajstić information content (AvgIpc) is 3.50. The van der Waals surface area contributed by atoms with Crippen molar-refractivity contribution in [1.82, 2.24) is 15.3 Å². The first-order chi connectivity index (χ1) is 14.1. The Kier molecular flexibility index (Phi) is 4.59. The number of H-pyrrole nitrogens is 1. The number of rotatable bonds is 5. The van der Waals surface area contributed by atoms with E-state index in [9.17, 15) is 4.79 Å². The highest BCUT2D eigenvalue weighted by atomic mass is 32.2. The summed E-state index contributed by atoms with van der Waals surface area (Å²) in [5.74, 6) is 1.34. The first-order valence-corrected chi connectivity index (χ1v) is 11.2. The second kappa shape index (κ2) is 7.26. The van der Waals surface area contributed by atoms with Crippen LogP contribution in [0.3, 0.4) is 0 Å². The molecule has 0 radical (unpaired) electrons. The number of amides is 1. The fourth-order valence-corrected chi connectivity index (χ4v) is 4.72. The van der Waals surface area contributed by atoms with E-state index in [1.807, 2.05) is 30.1 Å². The Morgan fingerprint density at radius 3 is 2.97 bits per heavy atom. The van der Waals surface area contributed by atoms with Gasteiger partial charge in [-0.15, -0.1) is 11.8 Å². The van der Waals surface area contributed by atoms with Gasteiger partial charge in [-0.05, 0) is 54.8 Å². The van der Waals surface area contributed by atoms with Crippen molar-refractivity contribution in [3.05, 3.63) is 65.1 Å². The van der Waals surface area contributed by atoms with Gasteiger partial charge in [-0.1, -0.05) is 19.1 Å². The molecule has 1 fully saturated rings. The van der Waals surface area contributed by atoms with E-state index in [2.05, 4.69) is 58.8 Å². The zero-order valence-electron chi connectivity index (χ0n) is 16.6. The van der Waals surface area contributed by atoms with Crippen molar-refractivity contribution in [1.29, 1.82) is 0 Å². The van der Waals surface area contributed by atoms with Gasteiger partial charge < -0.3 is 15.6 Å². The molecule has 2 aromatic heterocycles. The highest BCUT2D eigenvalue weighted by Gasteiger charge is 2.30. The first-order valence-electron chi connectivity index (χ1n) is 10.1. The molecule has 1 amide bonds. The molecule has 1 aromatic carbocycles. The number of carbonyl (C=O) groups excluding carboxylic acids is 1. The smallest absolute Gasteiger partial charge is 0.227 e. The van der Waals surface area contributed by atoms with Crippen LogP contribution in [0.2, 0.25) is 0 Å². The summed E-state index contributed by atoms with van der Waals surface area (Å²) in [7, 11) is 0. The molecule has 1 aliphatic carbocycles. The van der Waals surface area contributed by atoms with E-state index >= 15 is 0 Å². The topological polar surface area (TPSA) is 69.8 Å². The SMILES string of the molecule is CCSC1NC=C(c2cccc(NC(=O)C3CC3)c2)c2c1[nH]c1ncc(C)cc21. The Bertz CT molecular complexity index is 1130. The molecule has 0 saturated heterocycles. The lowest BCUT2D eigenvalue weighted by atomic mass is 9.94.